The Morgan fingerprint density at radius 1 is 0.729 bits per heavy atom. The number of pyridine rings is 2. The number of aromatic nitrogens is 2. The first-order valence-corrected chi connectivity index (χ1v) is 19.8. The molecule has 0 bridgehead atoms. The second-order valence-corrected chi connectivity index (χ2v) is 18.6. The van der Waals surface area contributed by atoms with Crippen molar-refractivity contribution in [2.75, 3.05) is 0 Å². The summed E-state index contributed by atoms with van der Waals surface area (Å²) < 4.78 is 14.9. The third kappa shape index (κ3) is 7.44. The summed E-state index contributed by atoms with van der Waals surface area (Å²) in [5.74, 6) is -0.163. The molecular weight excluding hydrogens is 781 g/mol. The summed E-state index contributed by atoms with van der Waals surface area (Å²) in [6, 6.07) is 41.4. The number of furan rings is 1. The van der Waals surface area contributed by atoms with Gasteiger partial charge in [-0.15, -0.1) is 54.1 Å². The topological polar surface area (TPSA) is 38.9 Å². The van der Waals surface area contributed by atoms with E-state index >= 15 is 0 Å². The van der Waals surface area contributed by atoms with E-state index in [2.05, 4.69) is 122 Å². The number of benzene rings is 4. The molecule has 3 heterocycles. The average Bonchev–Trinajstić information content (AvgIpc) is 3.48. The van der Waals surface area contributed by atoms with Gasteiger partial charge in [0.05, 0.1) is 13.7 Å². The first kappa shape index (κ1) is 33.7. The summed E-state index contributed by atoms with van der Waals surface area (Å²) in [4.78, 5) is 9.21. The fourth-order valence-electron chi connectivity index (χ4n) is 5.91. The predicted octanol–water partition coefficient (Wildman–Crippen LogP) is 11.5. The van der Waals surface area contributed by atoms with Crippen LogP contribution in [-0.4, -0.2) is 18.0 Å². The number of hydrogen-bond donors (Lipinski definition) is 0. The van der Waals surface area contributed by atoms with Gasteiger partial charge >= 0.3 is 0 Å². The Morgan fingerprint density at radius 2 is 1.48 bits per heavy atom. The molecule has 0 aliphatic heterocycles. The second kappa shape index (κ2) is 14.9. The number of para-hydroxylation sites is 1. The van der Waals surface area contributed by atoms with Crippen molar-refractivity contribution < 1.29 is 25.9 Å². The van der Waals surface area contributed by atoms with Crippen LogP contribution in [0.15, 0.2) is 120 Å². The van der Waals surface area contributed by atoms with Crippen LogP contribution in [0.5, 0.6) is 0 Å². The maximum Gasteiger partial charge on any atom is 0.128 e. The molecule has 7 aromatic rings. The summed E-state index contributed by atoms with van der Waals surface area (Å²) in [7, 11) is -1.50. The second-order valence-electron chi connectivity index (χ2n) is 13.5. The van der Waals surface area contributed by atoms with Crippen LogP contribution < -0.4 is 5.19 Å². The van der Waals surface area contributed by atoms with Crippen LogP contribution in [0.4, 0.5) is 0 Å². The van der Waals surface area contributed by atoms with Gasteiger partial charge in [0.1, 0.15) is 5.58 Å². The summed E-state index contributed by atoms with van der Waals surface area (Å²) >= 11 is 0. The molecule has 245 valence electrons. The average molecular weight is 824 g/mol. The fraction of sp³-hybridized carbons (Fsp3) is 0.209. The Kier molecular flexibility index (Phi) is 10.5. The monoisotopic (exact) mass is 824 g/mol. The van der Waals surface area contributed by atoms with Crippen LogP contribution in [0.1, 0.15) is 52.0 Å². The molecule has 7 rings (SSSR count). The molecule has 0 fully saturated rings. The summed E-state index contributed by atoms with van der Waals surface area (Å²) in [6.07, 6.45) is 3.85. The fourth-order valence-corrected chi connectivity index (χ4v) is 7.49. The van der Waals surface area contributed by atoms with E-state index in [1.54, 1.807) is 0 Å². The van der Waals surface area contributed by atoms with Crippen molar-refractivity contribution in [1.29, 1.82) is 0 Å². The van der Waals surface area contributed by atoms with E-state index in [0.29, 0.717) is 5.92 Å². The summed E-state index contributed by atoms with van der Waals surface area (Å²) in [5.41, 5.74) is 10.1. The van der Waals surface area contributed by atoms with Crippen LogP contribution in [0, 0.1) is 12.1 Å². The van der Waals surface area contributed by atoms with Crippen molar-refractivity contribution in [2.45, 2.75) is 59.1 Å². The zero-order valence-electron chi connectivity index (χ0n) is 29.7. The minimum absolute atomic E-state index is 0. The van der Waals surface area contributed by atoms with Gasteiger partial charge in [0.15, 0.2) is 0 Å². The molecule has 5 heteroatoms. The van der Waals surface area contributed by atoms with E-state index in [9.17, 15) is 0 Å². The molecule has 4 aromatic carbocycles. The minimum atomic E-state index is -1.50. The van der Waals surface area contributed by atoms with Gasteiger partial charge in [0.2, 0.25) is 0 Å². The number of nitrogens with zero attached hydrogens (tertiary/aromatic N) is 2. The van der Waals surface area contributed by atoms with Crippen LogP contribution in [0.2, 0.25) is 19.6 Å². The van der Waals surface area contributed by atoms with Gasteiger partial charge in [-0.25, -0.2) is 0 Å². The molecule has 0 spiro atoms. The zero-order valence-corrected chi connectivity index (χ0v) is 32.1. The van der Waals surface area contributed by atoms with E-state index in [0.717, 1.165) is 61.1 Å². The minimum Gasteiger partial charge on any atom is -0.500 e. The van der Waals surface area contributed by atoms with Crippen LogP contribution in [0.3, 0.4) is 0 Å². The third-order valence-corrected chi connectivity index (χ3v) is 10.5. The van der Waals surface area contributed by atoms with Crippen molar-refractivity contribution in [2.24, 2.45) is 0 Å². The first-order chi connectivity index (χ1) is 22.9. The molecular formula is C43H42IrN2OSi-2. The predicted molar refractivity (Wildman–Crippen MR) is 201 cm³/mol. The SMILES string of the molecule is CC(C)c1ccnc(-c2[c-]ccc3c2oc2c(-c4ccccc4)cccc23)c1.[2H]C(C)(C)c1cc(-c2[c-]cccc2)ncc1[Si](C)(C)C.[Ir]. The van der Waals surface area contributed by atoms with Crippen molar-refractivity contribution in [3.63, 3.8) is 0 Å². The zero-order chi connectivity index (χ0) is 34.1. The molecule has 3 aromatic heterocycles. The molecule has 0 saturated heterocycles. The summed E-state index contributed by atoms with van der Waals surface area (Å²) in [6.45, 7) is 15.2. The number of fused-ring (bicyclic) bond motifs is 3. The Balaban J connectivity index is 0.000000199. The molecule has 0 amide bonds. The molecule has 0 N–H and O–H groups in total. The standard InChI is InChI=1S/C26H20NO.C17H22NSi.Ir/c1-17(2)19-14-15-27-24(16-19)23-13-7-12-22-21-11-6-10-20(25(21)28-26(22)23)18-8-4-3-5-9-18;1-13(2)15-11-16(14-9-7-6-8-10-14)18-12-17(15)19(3,4)5;/h3-12,14-17H,1-2H3;6-9,11-13H,1-5H3;/q2*-1;/i;13D;. The maximum absolute atomic E-state index is 8.44. The van der Waals surface area contributed by atoms with Gasteiger partial charge in [-0.3, -0.25) is 0 Å². The van der Waals surface area contributed by atoms with Gasteiger partial charge in [-0.1, -0.05) is 130 Å². The Hall–Kier alpha value is -4.15. The molecule has 0 aliphatic carbocycles. The smallest absolute Gasteiger partial charge is 0.128 e. The van der Waals surface area contributed by atoms with Gasteiger partial charge in [-0.2, -0.15) is 0 Å². The molecule has 1 radical (unpaired) electrons. The first-order valence-electron chi connectivity index (χ1n) is 16.8. The van der Waals surface area contributed by atoms with Gasteiger partial charge in [0.25, 0.3) is 0 Å². The molecule has 0 atom stereocenters. The maximum atomic E-state index is 8.44. The summed E-state index contributed by atoms with van der Waals surface area (Å²) in [5, 5.41) is 3.49. The van der Waals surface area contributed by atoms with E-state index in [-0.39, 0.29) is 20.1 Å². The van der Waals surface area contributed by atoms with E-state index < -0.39 is 14.0 Å². The van der Waals surface area contributed by atoms with Crippen molar-refractivity contribution in [1.82, 2.24) is 9.97 Å². The van der Waals surface area contributed by atoms with Gasteiger partial charge in [-0.05, 0) is 40.0 Å². The van der Waals surface area contributed by atoms with Gasteiger partial charge < -0.3 is 14.4 Å². The van der Waals surface area contributed by atoms with Crippen molar-refractivity contribution in [3.05, 3.63) is 139 Å². The van der Waals surface area contributed by atoms with Crippen LogP contribution in [0.25, 0.3) is 55.6 Å². The van der Waals surface area contributed by atoms with Gasteiger partial charge in [0, 0.05) is 44.8 Å². The van der Waals surface area contributed by atoms with Crippen molar-refractivity contribution >= 4 is 35.2 Å². The molecule has 3 nitrogen and oxygen atoms in total. The Morgan fingerprint density at radius 3 is 2.17 bits per heavy atom. The molecule has 48 heavy (non-hydrogen) atoms. The Labute approximate surface area is 301 Å². The largest absolute Gasteiger partial charge is 0.500 e. The quantitative estimate of drug-likeness (QED) is 0.124. The van der Waals surface area contributed by atoms with Crippen LogP contribution >= 0.6 is 0 Å². The number of rotatable bonds is 6. The van der Waals surface area contributed by atoms with Crippen LogP contribution in [-0.2, 0) is 20.1 Å². The Bertz CT molecular complexity index is 2180. The molecule has 0 aliphatic rings. The number of hydrogen-bond acceptors (Lipinski definition) is 3. The normalized spacial score (nSPS) is 12.0. The van der Waals surface area contributed by atoms with E-state index in [1.807, 2.05) is 62.6 Å². The van der Waals surface area contributed by atoms with Crippen molar-refractivity contribution in [3.8, 4) is 33.6 Å². The van der Waals surface area contributed by atoms with E-state index in [4.69, 9.17) is 5.79 Å². The molecule has 0 saturated carbocycles. The van der Waals surface area contributed by atoms with E-state index in [1.165, 1.54) is 10.8 Å². The third-order valence-electron chi connectivity index (χ3n) is 8.49. The molecule has 0 unspecified atom stereocenters.